The topological polar surface area (TPSA) is 146 Å². The van der Waals surface area contributed by atoms with Crippen LogP contribution in [0.15, 0.2) is 24.3 Å². The number of amides is 4. The SMILES string of the molecule is CCC1(CC)NC(=O)N(CC(=O)Nc2ccc(-c3n[nH]c(CN)n3)cc2)C1=O. The second-order valence-corrected chi connectivity index (χ2v) is 6.55. The fourth-order valence-electron chi connectivity index (χ4n) is 3.11. The number of nitrogens with two attached hydrogens (primary N) is 1. The summed E-state index contributed by atoms with van der Waals surface area (Å²) in [5.41, 5.74) is 5.88. The lowest BCUT2D eigenvalue weighted by molar-refractivity contribution is -0.134. The van der Waals surface area contributed by atoms with Crippen molar-refractivity contribution in [2.75, 3.05) is 11.9 Å². The van der Waals surface area contributed by atoms with Crippen LogP contribution in [-0.4, -0.2) is 50.0 Å². The summed E-state index contributed by atoms with van der Waals surface area (Å²) in [4.78, 5) is 42.2. The lowest BCUT2D eigenvalue weighted by Gasteiger charge is -2.23. The van der Waals surface area contributed by atoms with Gasteiger partial charge in [-0.25, -0.2) is 9.78 Å². The zero-order chi connectivity index (χ0) is 20.3. The Labute approximate surface area is 161 Å². The molecule has 1 aliphatic heterocycles. The molecule has 148 valence electrons. The van der Waals surface area contributed by atoms with Gasteiger partial charge in [0.2, 0.25) is 5.91 Å². The molecular formula is C18H23N7O3. The predicted molar refractivity (Wildman–Crippen MR) is 102 cm³/mol. The number of H-pyrrole nitrogens is 1. The average Bonchev–Trinajstić information content (AvgIpc) is 3.27. The quantitative estimate of drug-likeness (QED) is 0.523. The zero-order valence-corrected chi connectivity index (χ0v) is 15.8. The molecule has 1 aliphatic rings. The number of nitrogens with zero attached hydrogens (tertiary/aromatic N) is 3. The van der Waals surface area contributed by atoms with Gasteiger partial charge >= 0.3 is 6.03 Å². The fourth-order valence-corrected chi connectivity index (χ4v) is 3.11. The fraction of sp³-hybridized carbons (Fsp3) is 0.389. The van der Waals surface area contributed by atoms with Gasteiger partial charge in [0.15, 0.2) is 5.82 Å². The van der Waals surface area contributed by atoms with E-state index in [4.69, 9.17) is 5.73 Å². The number of urea groups is 1. The second-order valence-electron chi connectivity index (χ2n) is 6.55. The summed E-state index contributed by atoms with van der Waals surface area (Å²) in [5, 5.41) is 12.2. The number of carbonyl (C=O) groups excluding carboxylic acids is 3. The molecule has 1 fully saturated rings. The van der Waals surface area contributed by atoms with Gasteiger partial charge in [-0.05, 0) is 37.1 Å². The smallest absolute Gasteiger partial charge is 0.325 e. The number of benzene rings is 1. The number of anilines is 1. The standard InChI is InChI=1S/C18H23N7O3/c1-3-18(4-2)16(27)25(17(28)22-18)10-14(26)20-12-7-5-11(6-8-12)15-21-13(9-19)23-24-15/h5-8H,3-4,9-10,19H2,1-2H3,(H,20,26)(H,22,28)(H,21,23,24). The third-order valence-electron chi connectivity index (χ3n) is 4.91. The van der Waals surface area contributed by atoms with E-state index < -0.39 is 17.5 Å². The summed E-state index contributed by atoms with van der Waals surface area (Å²) in [6, 6.07) is 6.36. The Morgan fingerprint density at radius 2 is 1.89 bits per heavy atom. The second kappa shape index (κ2) is 7.77. The summed E-state index contributed by atoms with van der Waals surface area (Å²) in [6.45, 7) is 3.59. The van der Waals surface area contributed by atoms with E-state index in [9.17, 15) is 14.4 Å². The maximum Gasteiger partial charge on any atom is 0.325 e. The Morgan fingerprint density at radius 1 is 1.21 bits per heavy atom. The molecule has 4 amide bonds. The number of aromatic amines is 1. The van der Waals surface area contributed by atoms with Crippen molar-refractivity contribution in [3.63, 3.8) is 0 Å². The molecule has 0 unspecified atom stereocenters. The van der Waals surface area contributed by atoms with Crippen LogP contribution in [0.1, 0.15) is 32.5 Å². The highest BCUT2D eigenvalue weighted by molar-refractivity contribution is 6.10. The number of nitrogens with one attached hydrogen (secondary N) is 3. The van der Waals surface area contributed by atoms with E-state index in [0.29, 0.717) is 30.2 Å². The third-order valence-corrected chi connectivity index (χ3v) is 4.91. The van der Waals surface area contributed by atoms with E-state index in [2.05, 4.69) is 25.8 Å². The summed E-state index contributed by atoms with van der Waals surface area (Å²) < 4.78 is 0. The Bertz CT molecular complexity index is 887. The molecule has 1 aromatic heterocycles. The molecule has 10 nitrogen and oxygen atoms in total. The Hall–Kier alpha value is -3.27. The molecule has 5 N–H and O–H groups in total. The van der Waals surface area contributed by atoms with Crippen LogP contribution < -0.4 is 16.4 Å². The first-order chi connectivity index (χ1) is 13.4. The molecular weight excluding hydrogens is 362 g/mol. The highest BCUT2D eigenvalue weighted by Crippen LogP contribution is 2.25. The first kappa shape index (κ1) is 19.5. The monoisotopic (exact) mass is 385 g/mol. The number of hydrogen-bond acceptors (Lipinski definition) is 6. The molecule has 10 heteroatoms. The van der Waals surface area contributed by atoms with E-state index in [1.165, 1.54) is 0 Å². The van der Waals surface area contributed by atoms with Crippen LogP contribution in [0.2, 0.25) is 0 Å². The average molecular weight is 385 g/mol. The van der Waals surface area contributed by atoms with Crippen LogP contribution in [0.4, 0.5) is 10.5 Å². The van der Waals surface area contributed by atoms with Gasteiger partial charge in [-0.3, -0.25) is 19.6 Å². The Kier molecular flexibility index (Phi) is 5.41. The largest absolute Gasteiger partial charge is 0.325 e. The first-order valence-corrected chi connectivity index (χ1v) is 9.08. The van der Waals surface area contributed by atoms with E-state index in [1.54, 1.807) is 24.3 Å². The highest BCUT2D eigenvalue weighted by atomic mass is 16.2. The van der Waals surface area contributed by atoms with E-state index in [0.717, 1.165) is 10.5 Å². The first-order valence-electron chi connectivity index (χ1n) is 9.08. The molecule has 3 rings (SSSR count). The summed E-state index contributed by atoms with van der Waals surface area (Å²) in [6.07, 6.45) is 0.946. The van der Waals surface area contributed by atoms with Gasteiger partial charge in [0.05, 0.1) is 6.54 Å². The van der Waals surface area contributed by atoms with Crippen molar-refractivity contribution < 1.29 is 14.4 Å². The number of hydrogen-bond donors (Lipinski definition) is 4. The van der Waals surface area contributed by atoms with Crippen molar-refractivity contribution in [2.24, 2.45) is 5.73 Å². The maximum absolute atomic E-state index is 12.6. The maximum atomic E-state index is 12.6. The van der Waals surface area contributed by atoms with Crippen LogP contribution in [-0.2, 0) is 16.1 Å². The predicted octanol–water partition coefficient (Wildman–Crippen LogP) is 0.980. The van der Waals surface area contributed by atoms with Crippen LogP contribution in [0, 0.1) is 0 Å². The zero-order valence-electron chi connectivity index (χ0n) is 15.8. The van der Waals surface area contributed by atoms with Gasteiger partial charge in [-0.15, -0.1) is 0 Å². The van der Waals surface area contributed by atoms with E-state index in [1.807, 2.05) is 13.8 Å². The van der Waals surface area contributed by atoms with Gasteiger partial charge in [0, 0.05) is 11.3 Å². The lowest BCUT2D eigenvalue weighted by Crippen LogP contribution is -2.46. The Balaban J connectivity index is 1.63. The van der Waals surface area contributed by atoms with E-state index >= 15 is 0 Å². The Morgan fingerprint density at radius 3 is 2.43 bits per heavy atom. The van der Waals surface area contributed by atoms with Crippen LogP contribution in [0.25, 0.3) is 11.4 Å². The van der Waals surface area contributed by atoms with Crippen molar-refractivity contribution in [3.05, 3.63) is 30.1 Å². The summed E-state index contributed by atoms with van der Waals surface area (Å²) in [5.74, 6) is 0.264. The van der Waals surface area contributed by atoms with Gasteiger partial charge in [0.25, 0.3) is 5.91 Å². The minimum atomic E-state index is -0.919. The third kappa shape index (κ3) is 3.58. The highest BCUT2D eigenvalue weighted by Gasteiger charge is 2.49. The van der Waals surface area contributed by atoms with Crippen molar-refractivity contribution in [1.82, 2.24) is 25.4 Å². The number of rotatable bonds is 7. The molecule has 2 heterocycles. The van der Waals surface area contributed by atoms with Crippen LogP contribution in [0.3, 0.4) is 0 Å². The lowest BCUT2D eigenvalue weighted by atomic mass is 9.93. The number of aromatic nitrogens is 3. The van der Waals surface area contributed by atoms with Crippen molar-refractivity contribution >= 4 is 23.5 Å². The molecule has 28 heavy (non-hydrogen) atoms. The van der Waals surface area contributed by atoms with Gasteiger partial charge in [0.1, 0.15) is 17.9 Å². The van der Waals surface area contributed by atoms with Crippen molar-refractivity contribution in [3.8, 4) is 11.4 Å². The number of imide groups is 1. The summed E-state index contributed by atoms with van der Waals surface area (Å²) >= 11 is 0. The van der Waals surface area contributed by atoms with Gasteiger partial charge < -0.3 is 16.4 Å². The molecule has 0 saturated carbocycles. The van der Waals surface area contributed by atoms with Crippen LogP contribution in [0.5, 0.6) is 0 Å². The molecule has 0 radical (unpaired) electrons. The molecule has 1 saturated heterocycles. The number of carbonyl (C=O) groups is 3. The van der Waals surface area contributed by atoms with Crippen LogP contribution >= 0.6 is 0 Å². The van der Waals surface area contributed by atoms with Gasteiger partial charge in [-0.2, -0.15) is 5.10 Å². The van der Waals surface area contributed by atoms with Crippen molar-refractivity contribution in [2.45, 2.75) is 38.8 Å². The van der Waals surface area contributed by atoms with E-state index in [-0.39, 0.29) is 19.0 Å². The normalized spacial score (nSPS) is 15.6. The van der Waals surface area contributed by atoms with Gasteiger partial charge in [-0.1, -0.05) is 13.8 Å². The minimum absolute atomic E-state index is 0.265. The molecule has 0 bridgehead atoms. The minimum Gasteiger partial charge on any atom is -0.325 e. The molecule has 0 aliphatic carbocycles. The summed E-state index contributed by atoms with van der Waals surface area (Å²) in [7, 11) is 0. The molecule has 0 spiro atoms. The molecule has 1 aromatic carbocycles. The molecule has 2 aromatic rings. The molecule has 0 atom stereocenters. The van der Waals surface area contributed by atoms with Crippen molar-refractivity contribution in [1.29, 1.82) is 0 Å².